The third-order valence-corrected chi connectivity index (χ3v) is 3.92. The summed E-state index contributed by atoms with van der Waals surface area (Å²) < 4.78 is 18.0. The third-order valence-electron chi connectivity index (χ3n) is 3.92. The number of benzene rings is 2. The first-order valence-corrected chi connectivity index (χ1v) is 8.09. The van der Waals surface area contributed by atoms with Crippen LogP contribution in [0.4, 0.5) is 15.8 Å². The molecule has 0 radical (unpaired) electrons. The van der Waals surface area contributed by atoms with Crippen molar-refractivity contribution in [3.8, 4) is 5.75 Å². The van der Waals surface area contributed by atoms with Gasteiger partial charge in [-0.1, -0.05) is 0 Å². The number of ether oxygens (including phenoxy) is 1. The number of methoxy groups -OCH3 is 1. The average molecular weight is 359 g/mol. The first-order chi connectivity index (χ1) is 12.4. The predicted octanol–water partition coefficient (Wildman–Crippen LogP) is 2.73. The lowest BCUT2D eigenvalue weighted by molar-refractivity contribution is -0.122. The van der Waals surface area contributed by atoms with E-state index in [1.165, 1.54) is 24.3 Å². The molecular weight excluding hydrogens is 337 g/mol. The van der Waals surface area contributed by atoms with E-state index >= 15 is 0 Å². The molecule has 0 aliphatic carbocycles. The Morgan fingerprint density at radius 2 is 1.58 bits per heavy atom. The Labute approximate surface area is 152 Å². The number of carbonyl (C=O) groups excluding carboxylic acids is 2. The third kappa shape index (κ3) is 5.56. The molecule has 0 unspecified atom stereocenters. The Morgan fingerprint density at radius 3 is 2.15 bits per heavy atom. The number of likely N-dealkylation sites (N-methyl/N-ethyl adjacent to an activating group) is 1. The van der Waals surface area contributed by atoms with Gasteiger partial charge in [-0.3, -0.25) is 14.5 Å². The van der Waals surface area contributed by atoms with Crippen LogP contribution in [0.1, 0.15) is 6.92 Å². The molecule has 0 aliphatic heterocycles. The van der Waals surface area contributed by atoms with Crippen LogP contribution in [0.25, 0.3) is 0 Å². The van der Waals surface area contributed by atoms with Crippen molar-refractivity contribution in [1.82, 2.24) is 4.90 Å². The largest absolute Gasteiger partial charge is 0.497 e. The Hall–Kier alpha value is -2.93. The number of rotatable bonds is 7. The van der Waals surface area contributed by atoms with E-state index in [-0.39, 0.29) is 24.2 Å². The first kappa shape index (κ1) is 19.4. The van der Waals surface area contributed by atoms with Gasteiger partial charge in [0.2, 0.25) is 11.8 Å². The monoisotopic (exact) mass is 359 g/mol. The molecule has 0 heterocycles. The maximum atomic E-state index is 12.9. The van der Waals surface area contributed by atoms with Gasteiger partial charge >= 0.3 is 0 Å². The molecule has 2 aromatic rings. The lowest BCUT2D eigenvalue weighted by Crippen LogP contribution is -2.43. The summed E-state index contributed by atoms with van der Waals surface area (Å²) in [6.07, 6.45) is 0. The Bertz CT molecular complexity index is 748. The number of amides is 2. The molecular formula is C19H22FN3O3. The molecule has 0 saturated carbocycles. The van der Waals surface area contributed by atoms with Crippen molar-refractivity contribution in [2.24, 2.45) is 0 Å². The van der Waals surface area contributed by atoms with Crippen LogP contribution >= 0.6 is 0 Å². The molecule has 138 valence electrons. The van der Waals surface area contributed by atoms with Crippen LogP contribution < -0.4 is 15.4 Å². The molecule has 2 rings (SSSR count). The van der Waals surface area contributed by atoms with E-state index in [0.29, 0.717) is 17.1 Å². The molecule has 26 heavy (non-hydrogen) atoms. The number of hydrogen-bond donors (Lipinski definition) is 2. The summed E-state index contributed by atoms with van der Waals surface area (Å²) >= 11 is 0. The van der Waals surface area contributed by atoms with E-state index in [0.717, 1.165) is 0 Å². The highest BCUT2D eigenvalue weighted by Gasteiger charge is 2.20. The van der Waals surface area contributed by atoms with Crippen LogP contribution in [-0.4, -0.2) is 43.5 Å². The SMILES string of the molecule is COc1ccc(NC(=O)CN(C)[C@@H](C)C(=O)Nc2ccc(F)cc2)cc1. The summed E-state index contributed by atoms with van der Waals surface area (Å²) in [5.41, 5.74) is 1.15. The zero-order valence-electron chi connectivity index (χ0n) is 15.0. The van der Waals surface area contributed by atoms with Crippen LogP contribution in [0.2, 0.25) is 0 Å². The minimum Gasteiger partial charge on any atom is -0.497 e. The first-order valence-electron chi connectivity index (χ1n) is 8.09. The maximum Gasteiger partial charge on any atom is 0.241 e. The van der Waals surface area contributed by atoms with Crippen LogP contribution in [0.5, 0.6) is 5.75 Å². The minimum absolute atomic E-state index is 0.0457. The summed E-state index contributed by atoms with van der Waals surface area (Å²) in [5.74, 6) is -0.190. The number of carbonyl (C=O) groups is 2. The van der Waals surface area contributed by atoms with Crippen molar-refractivity contribution in [1.29, 1.82) is 0 Å². The molecule has 2 N–H and O–H groups in total. The smallest absolute Gasteiger partial charge is 0.241 e. The molecule has 2 amide bonds. The van der Waals surface area contributed by atoms with E-state index in [9.17, 15) is 14.0 Å². The second kappa shape index (κ2) is 8.96. The summed E-state index contributed by atoms with van der Waals surface area (Å²) in [5, 5.41) is 5.46. The van der Waals surface area contributed by atoms with E-state index < -0.39 is 6.04 Å². The molecule has 1 atom stereocenters. The van der Waals surface area contributed by atoms with Gasteiger partial charge in [-0.2, -0.15) is 0 Å². The topological polar surface area (TPSA) is 70.7 Å². The molecule has 0 bridgehead atoms. The molecule has 2 aromatic carbocycles. The lowest BCUT2D eigenvalue weighted by atomic mass is 10.2. The fourth-order valence-corrected chi connectivity index (χ4v) is 2.22. The van der Waals surface area contributed by atoms with E-state index in [1.54, 1.807) is 50.2 Å². The normalized spacial score (nSPS) is 11.7. The highest BCUT2D eigenvalue weighted by atomic mass is 19.1. The predicted molar refractivity (Wildman–Crippen MR) is 98.7 cm³/mol. The Balaban J connectivity index is 1.86. The van der Waals surface area contributed by atoms with Gasteiger partial charge in [-0.15, -0.1) is 0 Å². The highest BCUT2D eigenvalue weighted by Crippen LogP contribution is 2.15. The van der Waals surface area contributed by atoms with Gasteiger partial charge < -0.3 is 15.4 Å². The number of hydrogen-bond acceptors (Lipinski definition) is 4. The molecule has 0 saturated heterocycles. The zero-order valence-corrected chi connectivity index (χ0v) is 15.0. The summed E-state index contributed by atoms with van der Waals surface area (Å²) in [6.45, 7) is 1.74. The number of nitrogens with one attached hydrogen (secondary N) is 2. The second-order valence-corrected chi connectivity index (χ2v) is 5.86. The van der Waals surface area contributed by atoms with Crippen molar-refractivity contribution in [3.05, 3.63) is 54.3 Å². The average Bonchev–Trinajstić information content (AvgIpc) is 2.63. The van der Waals surface area contributed by atoms with Crippen molar-refractivity contribution in [2.45, 2.75) is 13.0 Å². The molecule has 7 heteroatoms. The fraction of sp³-hybridized carbons (Fsp3) is 0.263. The Kier molecular flexibility index (Phi) is 6.68. The maximum absolute atomic E-state index is 12.9. The van der Waals surface area contributed by atoms with Crippen LogP contribution in [0.15, 0.2) is 48.5 Å². The van der Waals surface area contributed by atoms with Crippen molar-refractivity contribution >= 4 is 23.2 Å². The molecule has 0 aromatic heterocycles. The van der Waals surface area contributed by atoms with Gasteiger partial charge in [0, 0.05) is 11.4 Å². The van der Waals surface area contributed by atoms with E-state index in [4.69, 9.17) is 4.74 Å². The Morgan fingerprint density at radius 1 is 1.04 bits per heavy atom. The highest BCUT2D eigenvalue weighted by molar-refractivity contribution is 5.96. The number of nitrogens with zero attached hydrogens (tertiary/aromatic N) is 1. The second-order valence-electron chi connectivity index (χ2n) is 5.86. The van der Waals surface area contributed by atoms with Crippen molar-refractivity contribution in [2.75, 3.05) is 31.3 Å². The van der Waals surface area contributed by atoms with E-state index in [2.05, 4.69) is 10.6 Å². The fourth-order valence-electron chi connectivity index (χ4n) is 2.22. The van der Waals surface area contributed by atoms with Gasteiger partial charge in [-0.25, -0.2) is 4.39 Å². The minimum atomic E-state index is -0.540. The summed E-state index contributed by atoms with van der Waals surface area (Å²) in [6, 6.07) is 11.9. The number of anilines is 2. The molecule has 0 aliphatic rings. The quantitative estimate of drug-likeness (QED) is 0.797. The number of halogens is 1. The van der Waals surface area contributed by atoms with Crippen molar-refractivity contribution in [3.63, 3.8) is 0 Å². The van der Waals surface area contributed by atoms with Gasteiger partial charge in [0.1, 0.15) is 11.6 Å². The zero-order chi connectivity index (χ0) is 19.1. The van der Waals surface area contributed by atoms with Gasteiger partial charge in [-0.05, 0) is 62.5 Å². The molecule has 0 fully saturated rings. The van der Waals surface area contributed by atoms with Gasteiger partial charge in [0.15, 0.2) is 0 Å². The van der Waals surface area contributed by atoms with Crippen molar-refractivity contribution < 1.29 is 18.7 Å². The van der Waals surface area contributed by atoms with Gasteiger partial charge in [0.05, 0.1) is 19.7 Å². The summed E-state index contributed by atoms with van der Waals surface area (Å²) in [4.78, 5) is 26.0. The van der Waals surface area contributed by atoms with Crippen LogP contribution in [0, 0.1) is 5.82 Å². The van der Waals surface area contributed by atoms with Crippen LogP contribution in [0.3, 0.4) is 0 Å². The van der Waals surface area contributed by atoms with Gasteiger partial charge in [0.25, 0.3) is 0 Å². The lowest BCUT2D eigenvalue weighted by Gasteiger charge is -2.23. The van der Waals surface area contributed by atoms with Crippen LogP contribution in [-0.2, 0) is 9.59 Å². The molecule has 6 nitrogen and oxygen atoms in total. The summed E-state index contributed by atoms with van der Waals surface area (Å²) in [7, 11) is 3.25. The molecule has 0 spiro atoms. The standard InChI is InChI=1S/C19H22FN3O3/c1-13(19(25)22-16-6-4-14(20)5-7-16)23(2)12-18(24)21-15-8-10-17(26-3)11-9-15/h4-11,13H,12H2,1-3H3,(H,21,24)(H,22,25)/t13-/m0/s1. The van der Waals surface area contributed by atoms with E-state index in [1.807, 2.05) is 0 Å².